The van der Waals surface area contributed by atoms with Crippen molar-refractivity contribution in [1.82, 2.24) is 9.97 Å². The molecule has 0 saturated carbocycles. The molecule has 1 aromatic heterocycles. The van der Waals surface area contributed by atoms with Crippen LogP contribution in [-0.4, -0.2) is 9.97 Å². The van der Waals surface area contributed by atoms with Gasteiger partial charge in [-0.05, 0) is 28.1 Å². The summed E-state index contributed by atoms with van der Waals surface area (Å²) in [5.41, 5.74) is 1.43. The van der Waals surface area contributed by atoms with Crippen molar-refractivity contribution < 1.29 is 4.39 Å². The van der Waals surface area contributed by atoms with Crippen LogP contribution in [0.4, 0.5) is 4.39 Å². The van der Waals surface area contributed by atoms with Gasteiger partial charge in [0.05, 0.1) is 10.2 Å². The van der Waals surface area contributed by atoms with Crippen LogP contribution in [0.15, 0.2) is 41.3 Å². The third-order valence-electron chi connectivity index (χ3n) is 1.77. The van der Waals surface area contributed by atoms with Crippen LogP contribution in [0, 0.1) is 5.82 Å². The van der Waals surface area contributed by atoms with Crippen molar-refractivity contribution in [3.05, 3.63) is 47.1 Å². The van der Waals surface area contributed by atoms with E-state index in [1.165, 1.54) is 18.5 Å². The van der Waals surface area contributed by atoms with E-state index in [0.717, 1.165) is 10.0 Å². The van der Waals surface area contributed by atoms with Gasteiger partial charge in [-0.3, -0.25) is 0 Å². The van der Waals surface area contributed by atoms with E-state index in [1.807, 2.05) is 0 Å². The van der Waals surface area contributed by atoms with Crippen molar-refractivity contribution in [3.8, 4) is 11.3 Å². The SMILES string of the molecule is Fc1cccc(-c2ncncc2Br)c1. The highest BCUT2D eigenvalue weighted by atomic mass is 79.9. The fourth-order valence-electron chi connectivity index (χ4n) is 1.16. The summed E-state index contributed by atoms with van der Waals surface area (Å²) in [6.45, 7) is 0. The predicted molar refractivity (Wildman–Crippen MR) is 55.1 cm³/mol. The van der Waals surface area contributed by atoms with Gasteiger partial charge >= 0.3 is 0 Å². The Hall–Kier alpha value is -1.29. The average Bonchev–Trinajstić information content (AvgIpc) is 2.18. The molecule has 0 spiro atoms. The van der Waals surface area contributed by atoms with Gasteiger partial charge in [0.25, 0.3) is 0 Å². The molecule has 0 radical (unpaired) electrons. The lowest BCUT2D eigenvalue weighted by atomic mass is 10.1. The van der Waals surface area contributed by atoms with Gasteiger partial charge in [0.1, 0.15) is 12.1 Å². The topological polar surface area (TPSA) is 25.8 Å². The molecule has 0 fully saturated rings. The first-order valence-corrected chi connectivity index (χ1v) is 4.78. The summed E-state index contributed by atoms with van der Waals surface area (Å²) in [4.78, 5) is 7.91. The monoisotopic (exact) mass is 252 g/mol. The molecule has 0 unspecified atom stereocenters. The summed E-state index contributed by atoms with van der Waals surface area (Å²) in [6.07, 6.45) is 3.07. The summed E-state index contributed by atoms with van der Waals surface area (Å²) >= 11 is 3.31. The molecule has 0 amide bonds. The van der Waals surface area contributed by atoms with E-state index in [4.69, 9.17) is 0 Å². The summed E-state index contributed by atoms with van der Waals surface area (Å²) in [7, 11) is 0. The molecule has 14 heavy (non-hydrogen) atoms. The number of hydrogen-bond acceptors (Lipinski definition) is 2. The second kappa shape index (κ2) is 3.84. The Kier molecular flexibility index (Phi) is 2.54. The second-order valence-corrected chi connectivity index (χ2v) is 3.58. The van der Waals surface area contributed by atoms with Gasteiger partial charge in [0.15, 0.2) is 0 Å². The molecule has 2 aromatic rings. The molecule has 0 aliphatic rings. The Balaban J connectivity index is 2.55. The second-order valence-electron chi connectivity index (χ2n) is 2.73. The molecule has 0 N–H and O–H groups in total. The van der Waals surface area contributed by atoms with Crippen molar-refractivity contribution in [3.63, 3.8) is 0 Å². The molecule has 1 aromatic carbocycles. The molecule has 0 aliphatic carbocycles. The van der Waals surface area contributed by atoms with E-state index in [1.54, 1.807) is 18.3 Å². The number of rotatable bonds is 1. The smallest absolute Gasteiger partial charge is 0.123 e. The minimum absolute atomic E-state index is 0.270. The number of aromatic nitrogens is 2. The van der Waals surface area contributed by atoms with Gasteiger partial charge in [-0.25, -0.2) is 14.4 Å². The van der Waals surface area contributed by atoms with Crippen LogP contribution >= 0.6 is 15.9 Å². The summed E-state index contributed by atoms with van der Waals surface area (Å²) in [6, 6.07) is 6.29. The largest absolute Gasteiger partial charge is 0.244 e. The third-order valence-corrected chi connectivity index (χ3v) is 2.35. The van der Waals surface area contributed by atoms with E-state index in [0.29, 0.717) is 5.69 Å². The first-order chi connectivity index (χ1) is 6.77. The molecule has 4 heteroatoms. The molecule has 2 rings (SSSR count). The Morgan fingerprint density at radius 3 is 2.86 bits per heavy atom. The van der Waals surface area contributed by atoms with E-state index >= 15 is 0 Å². The van der Waals surface area contributed by atoms with Crippen molar-refractivity contribution >= 4 is 15.9 Å². The lowest BCUT2D eigenvalue weighted by Crippen LogP contribution is -1.87. The number of halogens is 2. The Bertz CT molecular complexity index is 459. The van der Waals surface area contributed by atoms with Crippen LogP contribution in [0.25, 0.3) is 11.3 Å². The summed E-state index contributed by atoms with van der Waals surface area (Å²) in [5.74, 6) is -0.270. The quantitative estimate of drug-likeness (QED) is 0.780. The maximum Gasteiger partial charge on any atom is 0.123 e. The molecule has 0 bridgehead atoms. The number of benzene rings is 1. The highest BCUT2D eigenvalue weighted by molar-refractivity contribution is 9.10. The van der Waals surface area contributed by atoms with Crippen molar-refractivity contribution in [2.45, 2.75) is 0 Å². The summed E-state index contributed by atoms with van der Waals surface area (Å²) in [5, 5.41) is 0. The van der Waals surface area contributed by atoms with E-state index in [9.17, 15) is 4.39 Å². The van der Waals surface area contributed by atoms with Crippen LogP contribution < -0.4 is 0 Å². The van der Waals surface area contributed by atoms with E-state index < -0.39 is 0 Å². The van der Waals surface area contributed by atoms with Crippen molar-refractivity contribution in [2.75, 3.05) is 0 Å². The van der Waals surface area contributed by atoms with Gasteiger partial charge < -0.3 is 0 Å². The van der Waals surface area contributed by atoms with Crippen LogP contribution in [0.3, 0.4) is 0 Å². The maximum atomic E-state index is 12.9. The normalized spacial score (nSPS) is 10.1. The van der Waals surface area contributed by atoms with Crippen LogP contribution in [-0.2, 0) is 0 Å². The van der Waals surface area contributed by atoms with Crippen molar-refractivity contribution in [2.24, 2.45) is 0 Å². The molecule has 70 valence electrons. The van der Waals surface area contributed by atoms with Gasteiger partial charge in [0.2, 0.25) is 0 Å². The van der Waals surface area contributed by atoms with Crippen LogP contribution in [0.5, 0.6) is 0 Å². The Morgan fingerprint density at radius 1 is 1.29 bits per heavy atom. The van der Waals surface area contributed by atoms with Gasteiger partial charge in [0, 0.05) is 11.8 Å². The van der Waals surface area contributed by atoms with Crippen LogP contribution in [0.1, 0.15) is 0 Å². The van der Waals surface area contributed by atoms with E-state index in [-0.39, 0.29) is 5.82 Å². The predicted octanol–water partition coefficient (Wildman–Crippen LogP) is 3.05. The highest BCUT2D eigenvalue weighted by Crippen LogP contribution is 2.24. The van der Waals surface area contributed by atoms with E-state index in [2.05, 4.69) is 25.9 Å². The van der Waals surface area contributed by atoms with Gasteiger partial charge in [-0.2, -0.15) is 0 Å². The fraction of sp³-hybridized carbons (Fsp3) is 0. The lowest BCUT2D eigenvalue weighted by Gasteiger charge is -2.01. The van der Waals surface area contributed by atoms with Crippen molar-refractivity contribution in [1.29, 1.82) is 0 Å². The Morgan fingerprint density at radius 2 is 2.14 bits per heavy atom. The summed E-state index contributed by atoms with van der Waals surface area (Å²) < 4.78 is 13.7. The Labute approximate surface area is 89.0 Å². The zero-order valence-corrected chi connectivity index (χ0v) is 8.70. The average molecular weight is 253 g/mol. The zero-order valence-electron chi connectivity index (χ0n) is 7.11. The fourth-order valence-corrected chi connectivity index (χ4v) is 1.61. The van der Waals surface area contributed by atoms with Gasteiger partial charge in [-0.1, -0.05) is 12.1 Å². The highest BCUT2D eigenvalue weighted by Gasteiger charge is 2.04. The number of nitrogens with zero attached hydrogens (tertiary/aromatic N) is 2. The maximum absolute atomic E-state index is 12.9. The first kappa shape index (κ1) is 9.27. The molecular weight excluding hydrogens is 247 g/mol. The minimum atomic E-state index is -0.270. The lowest BCUT2D eigenvalue weighted by molar-refractivity contribution is 0.628. The molecule has 0 saturated heterocycles. The van der Waals surface area contributed by atoms with Crippen LogP contribution in [0.2, 0.25) is 0 Å². The molecule has 0 aliphatic heterocycles. The molecule has 2 nitrogen and oxygen atoms in total. The molecular formula is C10H6BrFN2. The minimum Gasteiger partial charge on any atom is -0.244 e. The molecule has 1 heterocycles. The molecule has 0 atom stereocenters. The standard InChI is InChI=1S/C10H6BrFN2/c11-9-5-13-6-14-10(9)7-2-1-3-8(12)4-7/h1-6H. The number of hydrogen-bond donors (Lipinski definition) is 0. The van der Waals surface area contributed by atoms with Gasteiger partial charge in [-0.15, -0.1) is 0 Å². The zero-order chi connectivity index (χ0) is 9.97. The first-order valence-electron chi connectivity index (χ1n) is 3.99. The third kappa shape index (κ3) is 1.80.